The van der Waals surface area contributed by atoms with E-state index in [-0.39, 0.29) is 41.3 Å². The summed E-state index contributed by atoms with van der Waals surface area (Å²) in [5.41, 5.74) is 6.31. The maximum atomic E-state index is 15.5. The van der Waals surface area contributed by atoms with Gasteiger partial charge in [0.1, 0.15) is 34.8 Å². The van der Waals surface area contributed by atoms with Crippen LogP contribution in [-0.4, -0.2) is 106 Å². The quantitative estimate of drug-likeness (QED) is 0.0823. The lowest BCUT2D eigenvalue weighted by atomic mass is 9.94. The van der Waals surface area contributed by atoms with E-state index in [0.717, 1.165) is 68.4 Å². The van der Waals surface area contributed by atoms with Crippen molar-refractivity contribution in [2.24, 2.45) is 0 Å². The van der Waals surface area contributed by atoms with Gasteiger partial charge < -0.3 is 19.3 Å². The predicted molar refractivity (Wildman–Crippen MR) is 295 cm³/mol. The van der Waals surface area contributed by atoms with E-state index in [4.69, 9.17) is 14.5 Å². The van der Waals surface area contributed by atoms with Crippen LogP contribution >= 0.6 is 11.3 Å². The van der Waals surface area contributed by atoms with Gasteiger partial charge in [0, 0.05) is 56.8 Å². The number of thiazole rings is 1. The van der Waals surface area contributed by atoms with Gasteiger partial charge in [0.05, 0.1) is 27.0 Å². The second kappa shape index (κ2) is 21.2. The first-order valence-corrected chi connectivity index (χ1v) is 27.0. The number of hydrogen-bond donors (Lipinski definition) is 2. The molecule has 0 radical (unpaired) electrons. The predicted octanol–water partition coefficient (Wildman–Crippen LogP) is 9.52. The van der Waals surface area contributed by atoms with E-state index in [1.165, 1.54) is 17.4 Å². The molecule has 0 aliphatic carbocycles. The Hall–Kier alpha value is -8.35. The summed E-state index contributed by atoms with van der Waals surface area (Å²) in [5.74, 6) is -2.10. The molecule has 1 atom stereocenters. The fourth-order valence-electron chi connectivity index (χ4n) is 10.7. The Morgan fingerprint density at radius 1 is 0.795 bits per heavy atom. The zero-order chi connectivity index (χ0) is 54.4. The van der Waals surface area contributed by atoms with Gasteiger partial charge in [-0.05, 0) is 148 Å². The van der Waals surface area contributed by atoms with Crippen LogP contribution < -0.4 is 25.2 Å². The number of nitrogens with zero attached hydrogens (tertiary/aromatic N) is 6. The molecule has 5 aromatic carbocycles. The van der Waals surface area contributed by atoms with E-state index in [9.17, 15) is 28.8 Å². The number of aryl methyl sites for hydroxylation is 1. The molecule has 2 fully saturated rings. The van der Waals surface area contributed by atoms with Crippen molar-refractivity contribution in [1.82, 2.24) is 25.1 Å². The monoisotopic (exact) mass is 1070 g/mol. The van der Waals surface area contributed by atoms with Gasteiger partial charge in [-0.3, -0.25) is 44.4 Å². The number of ether oxygens (including phenoxy) is 2. The molecular formula is C60H57FN8O8S. The summed E-state index contributed by atoms with van der Waals surface area (Å²) < 4.78 is 29.0. The third-order valence-corrected chi connectivity index (χ3v) is 15.7. The van der Waals surface area contributed by atoms with E-state index < -0.39 is 47.1 Å². The molecule has 0 saturated carbocycles. The molecule has 0 spiro atoms. The van der Waals surface area contributed by atoms with Gasteiger partial charge in [-0.1, -0.05) is 59.9 Å². The number of carbonyl (C=O) groups is 6. The van der Waals surface area contributed by atoms with Crippen LogP contribution in [0.5, 0.6) is 11.5 Å². The van der Waals surface area contributed by atoms with Gasteiger partial charge in [0.15, 0.2) is 10.8 Å². The van der Waals surface area contributed by atoms with Crippen molar-refractivity contribution >= 4 is 73.7 Å². The van der Waals surface area contributed by atoms with Crippen molar-refractivity contribution < 1.29 is 42.6 Å². The fraction of sp³-hybridized carbons (Fsp3) is 0.300. The molecule has 1 unspecified atom stereocenters. The zero-order valence-electron chi connectivity index (χ0n) is 43.7. The van der Waals surface area contributed by atoms with E-state index in [0.29, 0.717) is 79.3 Å². The minimum Gasteiger partial charge on any atom is -0.457 e. The van der Waals surface area contributed by atoms with E-state index in [1.54, 1.807) is 0 Å². The highest BCUT2D eigenvalue weighted by atomic mass is 32.1. The van der Waals surface area contributed by atoms with Crippen molar-refractivity contribution in [3.63, 3.8) is 0 Å². The molecule has 398 valence electrons. The van der Waals surface area contributed by atoms with Crippen LogP contribution in [0.25, 0.3) is 21.3 Å². The number of anilines is 3. The molecule has 18 heteroatoms. The van der Waals surface area contributed by atoms with Crippen molar-refractivity contribution in [3.05, 3.63) is 160 Å². The average molecular weight is 1070 g/mol. The van der Waals surface area contributed by atoms with Crippen LogP contribution in [0.1, 0.15) is 104 Å². The molecule has 5 amide bonds. The zero-order valence-corrected chi connectivity index (χ0v) is 44.5. The largest absolute Gasteiger partial charge is 0.457 e. The Bertz CT molecular complexity index is 3540. The van der Waals surface area contributed by atoms with Gasteiger partial charge in [-0.25, -0.2) is 19.2 Å². The number of rotatable bonds is 13. The number of hydrogen-bond acceptors (Lipinski definition) is 14. The molecule has 4 aliphatic rings. The number of pyridine rings is 1. The summed E-state index contributed by atoms with van der Waals surface area (Å²) in [4.78, 5) is 95.4. The molecule has 0 bridgehead atoms. The number of nitrogens with one attached hydrogen (secondary N) is 2. The lowest BCUT2D eigenvalue weighted by molar-refractivity contribution is -0.136. The number of para-hydroxylation sites is 1. The summed E-state index contributed by atoms with van der Waals surface area (Å²) in [6.45, 7) is 11.7. The topological polar surface area (TPSA) is 184 Å². The molecule has 16 nitrogen and oxygen atoms in total. The first-order valence-electron chi connectivity index (χ1n) is 26.2. The maximum Gasteiger partial charge on any atom is 0.358 e. The van der Waals surface area contributed by atoms with Crippen molar-refractivity contribution in [3.8, 4) is 22.6 Å². The van der Waals surface area contributed by atoms with E-state index in [2.05, 4.69) is 43.6 Å². The number of aromatic nitrogens is 2. The van der Waals surface area contributed by atoms with Crippen LogP contribution in [0.4, 0.5) is 21.0 Å². The summed E-state index contributed by atoms with van der Waals surface area (Å²) in [6, 6.07) is 32.5. The number of piperidine rings is 1. The summed E-state index contributed by atoms with van der Waals surface area (Å²) in [6.07, 6.45) is 2.43. The Labute approximate surface area is 454 Å². The molecule has 6 heterocycles. The van der Waals surface area contributed by atoms with Gasteiger partial charge in [0.2, 0.25) is 11.8 Å². The minimum atomic E-state index is -1.12. The normalized spacial score (nSPS) is 16.8. The van der Waals surface area contributed by atoms with Crippen molar-refractivity contribution in [2.75, 3.05) is 54.4 Å². The minimum absolute atomic E-state index is 0.00322. The van der Waals surface area contributed by atoms with Gasteiger partial charge in [0.25, 0.3) is 17.7 Å². The molecule has 2 saturated heterocycles. The SMILES string of the molecule is Cc1c(Oc2ccc(CCCN3CCN(c4cc5c(cc4F)C(=O)N(C4CCC(=O)NC4=O)C5=O)CC3)cc2)cccc1-c1ccc(N2CCc3cccc(C(=O)Nc4nc5ccccc5s4)c3C2)nc1C(=O)OC(C)(C)C. The molecule has 4 aliphatic heterocycles. The van der Waals surface area contributed by atoms with Crippen LogP contribution in [0, 0.1) is 12.7 Å². The number of piperazine rings is 1. The van der Waals surface area contributed by atoms with Crippen LogP contribution in [0.2, 0.25) is 0 Å². The Balaban J connectivity index is 0.719. The standard InChI is InChI=1S/C60H57FN8O8S/c1-35-39(40-21-23-51(63-53(40)58(75)77-60(2,3)4)68-27-25-37-11-7-13-41(44(37)34-68)54(71)65-59-62-46-14-5-6-16-50(46)78-59)12-8-15-49(35)76-38-19-17-36(18-20-38)10-9-26-66-28-30-67(31-29-66)48-33-43-42(32-45(48)61)56(73)69(57(43)74)47-22-24-52(70)64-55(47)72/h5-8,11-21,23,32-33,47H,9-10,22,24-31,34H2,1-4H3,(H,62,65,71)(H,64,70,72). The first-order chi connectivity index (χ1) is 37.5. The molecule has 2 aromatic heterocycles. The summed E-state index contributed by atoms with van der Waals surface area (Å²) >= 11 is 1.43. The Morgan fingerprint density at radius 3 is 2.31 bits per heavy atom. The lowest BCUT2D eigenvalue weighted by Crippen LogP contribution is -2.54. The Morgan fingerprint density at radius 2 is 1.55 bits per heavy atom. The third-order valence-electron chi connectivity index (χ3n) is 14.7. The van der Waals surface area contributed by atoms with Crippen LogP contribution in [-0.2, 0) is 33.7 Å². The van der Waals surface area contributed by atoms with Crippen LogP contribution in [0.15, 0.2) is 109 Å². The molecular weight excluding hydrogens is 1010 g/mol. The highest BCUT2D eigenvalue weighted by Crippen LogP contribution is 2.38. The average Bonchev–Trinajstić information content (AvgIpc) is 4.09. The van der Waals surface area contributed by atoms with Crippen molar-refractivity contribution in [1.29, 1.82) is 0 Å². The smallest absolute Gasteiger partial charge is 0.358 e. The number of amides is 5. The molecule has 2 N–H and O–H groups in total. The number of esters is 1. The fourth-order valence-corrected chi connectivity index (χ4v) is 11.6. The first kappa shape index (κ1) is 51.7. The molecule has 11 rings (SSSR count). The second-order valence-corrected chi connectivity index (χ2v) is 22.1. The highest BCUT2D eigenvalue weighted by Gasteiger charge is 2.45. The van der Waals surface area contributed by atoms with Gasteiger partial charge in [-0.2, -0.15) is 0 Å². The number of benzene rings is 5. The second-order valence-electron chi connectivity index (χ2n) is 21.0. The van der Waals surface area contributed by atoms with Crippen LogP contribution in [0.3, 0.4) is 0 Å². The van der Waals surface area contributed by atoms with Crippen molar-refractivity contribution in [2.45, 2.75) is 78.0 Å². The van der Waals surface area contributed by atoms with E-state index in [1.807, 2.05) is 111 Å². The highest BCUT2D eigenvalue weighted by molar-refractivity contribution is 7.22. The third kappa shape index (κ3) is 10.6. The molecule has 7 aromatic rings. The number of carbonyl (C=O) groups excluding carboxylic acids is 6. The Kier molecular flexibility index (Phi) is 14.1. The van der Waals surface area contributed by atoms with E-state index >= 15 is 4.39 Å². The van der Waals surface area contributed by atoms with Gasteiger partial charge in [-0.15, -0.1) is 0 Å². The summed E-state index contributed by atoms with van der Waals surface area (Å²) in [7, 11) is 0. The number of halogens is 1. The lowest BCUT2D eigenvalue weighted by Gasteiger charge is -2.36. The molecule has 78 heavy (non-hydrogen) atoms. The number of fused-ring (bicyclic) bond motifs is 3. The summed E-state index contributed by atoms with van der Waals surface area (Å²) in [5, 5.41) is 5.73. The van der Waals surface area contributed by atoms with Gasteiger partial charge >= 0.3 is 5.97 Å². The number of imide groups is 2. The maximum absolute atomic E-state index is 15.5.